The molecule has 1 aromatic rings. The number of nitrogens with one attached hydrogen (secondary N) is 1. The van der Waals surface area contributed by atoms with Crippen LogP contribution in [0.4, 0.5) is 5.69 Å². The van der Waals surface area contributed by atoms with E-state index in [2.05, 4.69) is 43.8 Å². The van der Waals surface area contributed by atoms with Crippen LogP contribution in [0.2, 0.25) is 0 Å². The Balaban J connectivity index is 2.74. The Hall–Kier alpha value is 0.150. The molecule has 3 N–H and O–H groups in total. The highest BCUT2D eigenvalue weighted by molar-refractivity contribution is 14.1. The summed E-state index contributed by atoms with van der Waals surface area (Å²) in [7, 11) is 0. The van der Waals surface area contributed by atoms with E-state index in [1.54, 1.807) is 0 Å². The van der Waals surface area contributed by atoms with Crippen LogP contribution in [0.5, 0.6) is 0 Å². The van der Waals surface area contributed by atoms with Crippen molar-refractivity contribution in [3.8, 4) is 0 Å². The molecule has 3 nitrogen and oxygen atoms in total. The molecule has 0 radical (unpaired) electrons. The second-order valence-electron chi connectivity index (χ2n) is 3.25. The molecule has 0 aromatic heterocycles. The van der Waals surface area contributed by atoms with Gasteiger partial charge in [-0.05, 0) is 47.2 Å². The number of aliphatic hydroxyl groups excluding tert-OH is 2. The van der Waals surface area contributed by atoms with E-state index < -0.39 is 6.10 Å². The standard InChI is InChI=1S/C10H13BrINO2/c1-6-8(11)2-3-9(10(6)12)13-4-7(15)5-14/h2-3,7,13-15H,4-5H2,1H3. The number of hydrogen-bond donors (Lipinski definition) is 3. The summed E-state index contributed by atoms with van der Waals surface area (Å²) >= 11 is 5.70. The van der Waals surface area contributed by atoms with Crippen molar-refractivity contribution < 1.29 is 10.2 Å². The molecule has 0 aliphatic rings. The summed E-state index contributed by atoms with van der Waals surface area (Å²) in [5, 5.41) is 21.0. The molecule has 1 unspecified atom stereocenters. The van der Waals surface area contributed by atoms with Gasteiger partial charge in [0.05, 0.1) is 12.7 Å². The average molecular weight is 386 g/mol. The fourth-order valence-electron chi connectivity index (χ4n) is 1.09. The summed E-state index contributed by atoms with van der Waals surface area (Å²) in [6.07, 6.45) is -0.718. The van der Waals surface area contributed by atoms with Gasteiger partial charge in [0, 0.05) is 20.3 Å². The highest BCUT2D eigenvalue weighted by atomic mass is 127. The van der Waals surface area contributed by atoms with Gasteiger partial charge in [-0.15, -0.1) is 0 Å². The van der Waals surface area contributed by atoms with Gasteiger partial charge in [-0.2, -0.15) is 0 Å². The first-order valence-electron chi connectivity index (χ1n) is 4.53. The van der Waals surface area contributed by atoms with E-state index in [1.807, 2.05) is 19.1 Å². The molecule has 15 heavy (non-hydrogen) atoms. The van der Waals surface area contributed by atoms with E-state index >= 15 is 0 Å². The lowest BCUT2D eigenvalue weighted by Crippen LogP contribution is -2.23. The third-order valence-electron chi connectivity index (χ3n) is 2.06. The quantitative estimate of drug-likeness (QED) is 0.696. The van der Waals surface area contributed by atoms with Crippen LogP contribution in [-0.2, 0) is 0 Å². The number of benzene rings is 1. The van der Waals surface area contributed by atoms with Crippen LogP contribution in [0.1, 0.15) is 5.56 Å². The van der Waals surface area contributed by atoms with Crippen molar-refractivity contribution in [3.63, 3.8) is 0 Å². The minimum Gasteiger partial charge on any atom is -0.394 e. The van der Waals surface area contributed by atoms with Crippen molar-refractivity contribution in [3.05, 3.63) is 25.7 Å². The predicted octanol–water partition coefficient (Wildman–Crippen LogP) is 2.13. The second-order valence-corrected chi connectivity index (χ2v) is 5.18. The molecule has 1 aromatic carbocycles. The fourth-order valence-corrected chi connectivity index (χ4v) is 2.45. The molecule has 0 saturated heterocycles. The highest BCUT2D eigenvalue weighted by Gasteiger charge is 2.07. The van der Waals surface area contributed by atoms with Crippen LogP contribution in [0, 0.1) is 10.5 Å². The SMILES string of the molecule is Cc1c(Br)ccc(NCC(O)CO)c1I. The van der Waals surface area contributed by atoms with Gasteiger partial charge in [-0.1, -0.05) is 15.9 Å². The van der Waals surface area contributed by atoms with Crippen molar-refractivity contribution in [2.45, 2.75) is 13.0 Å². The van der Waals surface area contributed by atoms with Crippen LogP contribution in [-0.4, -0.2) is 29.5 Å². The van der Waals surface area contributed by atoms with Gasteiger partial charge in [-0.3, -0.25) is 0 Å². The first-order chi connectivity index (χ1) is 7.06. The zero-order valence-corrected chi connectivity index (χ0v) is 12.0. The Labute approximate surface area is 111 Å². The first-order valence-corrected chi connectivity index (χ1v) is 6.40. The molecule has 1 rings (SSSR count). The molecule has 84 valence electrons. The number of anilines is 1. The molecular formula is C10H13BrINO2. The summed E-state index contributed by atoms with van der Waals surface area (Å²) < 4.78 is 2.19. The molecule has 5 heteroatoms. The summed E-state index contributed by atoms with van der Waals surface area (Å²) in [6.45, 7) is 2.16. The Kier molecular flexibility index (Phi) is 5.31. The summed E-state index contributed by atoms with van der Waals surface area (Å²) in [5.74, 6) is 0. The molecule has 0 spiro atoms. The summed E-state index contributed by atoms with van der Waals surface area (Å²) in [6, 6.07) is 3.91. The Bertz CT molecular complexity index is 346. The van der Waals surface area contributed by atoms with E-state index in [4.69, 9.17) is 5.11 Å². The predicted molar refractivity (Wildman–Crippen MR) is 73.2 cm³/mol. The smallest absolute Gasteiger partial charge is 0.0942 e. The molecule has 0 amide bonds. The number of rotatable bonds is 4. The van der Waals surface area contributed by atoms with Crippen molar-refractivity contribution in [1.29, 1.82) is 0 Å². The zero-order chi connectivity index (χ0) is 11.4. The van der Waals surface area contributed by atoms with Gasteiger partial charge in [0.15, 0.2) is 0 Å². The Morgan fingerprint density at radius 3 is 2.80 bits per heavy atom. The first kappa shape index (κ1) is 13.2. The van der Waals surface area contributed by atoms with Crippen LogP contribution in [0.25, 0.3) is 0 Å². The fraction of sp³-hybridized carbons (Fsp3) is 0.400. The topological polar surface area (TPSA) is 52.5 Å². The van der Waals surface area contributed by atoms with E-state index in [9.17, 15) is 5.11 Å². The lowest BCUT2D eigenvalue weighted by atomic mass is 10.2. The Morgan fingerprint density at radius 1 is 1.53 bits per heavy atom. The largest absolute Gasteiger partial charge is 0.394 e. The second kappa shape index (κ2) is 6.03. The van der Waals surface area contributed by atoms with Crippen LogP contribution in [0.3, 0.4) is 0 Å². The van der Waals surface area contributed by atoms with Gasteiger partial charge in [0.2, 0.25) is 0 Å². The number of halogens is 2. The lowest BCUT2D eigenvalue weighted by molar-refractivity contribution is 0.105. The van der Waals surface area contributed by atoms with Gasteiger partial charge in [-0.25, -0.2) is 0 Å². The minimum absolute atomic E-state index is 0.223. The lowest BCUT2D eigenvalue weighted by Gasteiger charge is -2.13. The van der Waals surface area contributed by atoms with Crippen molar-refractivity contribution in [2.75, 3.05) is 18.5 Å². The van der Waals surface area contributed by atoms with Gasteiger partial charge in [0.1, 0.15) is 0 Å². The highest BCUT2D eigenvalue weighted by Crippen LogP contribution is 2.27. The molecular weight excluding hydrogens is 373 g/mol. The van der Waals surface area contributed by atoms with Crippen molar-refractivity contribution >= 4 is 44.2 Å². The maximum absolute atomic E-state index is 9.21. The molecule has 0 bridgehead atoms. The molecule has 0 heterocycles. The van der Waals surface area contributed by atoms with Crippen molar-refractivity contribution in [2.24, 2.45) is 0 Å². The molecule has 0 aliphatic heterocycles. The maximum Gasteiger partial charge on any atom is 0.0942 e. The number of hydrogen-bond acceptors (Lipinski definition) is 3. The molecule has 0 fully saturated rings. The third kappa shape index (κ3) is 3.58. The molecule has 0 aliphatic carbocycles. The minimum atomic E-state index is -0.718. The Morgan fingerprint density at radius 2 is 2.20 bits per heavy atom. The van der Waals surface area contributed by atoms with Crippen LogP contribution < -0.4 is 5.32 Å². The van der Waals surface area contributed by atoms with E-state index in [-0.39, 0.29) is 6.61 Å². The normalized spacial score (nSPS) is 12.6. The summed E-state index contributed by atoms with van der Waals surface area (Å²) in [4.78, 5) is 0. The number of aliphatic hydroxyl groups is 2. The van der Waals surface area contributed by atoms with Crippen molar-refractivity contribution in [1.82, 2.24) is 0 Å². The maximum atomic E-state index is 9.21. The monoisotopic (exact) mass is 385 g/mol. The average Bonchev–Trinajstić information content (AvgIpc) is 2.24. The molecule has 0 saturated carbocycles. The van der Waals surface area contributed by atoms with E-state index in [0.717, 1.165) is 13.7 Å². The molecule has 1 atom stereocenters. The zero-order valence-electron chi connectivity index (χ0n) is 8.30. The van der Waals surface area contributed by atoms with E-state index in [1.165, 1.54) is 5.56 Å². The van der Waals surface area contributed by atoms with Gasteiger partial charge >= 0.3 is 0 Å². The third-order valence-corrected chi connectivity index (χ3v) is 4.31. The van der Waals surface area contributed by atoms with Crippen LogP contribution in [0.15, 0.2) is 16.6 Å². The van der Waals surface area contributed by atoms with Gasteiger partial charge < -0.3 is 15.5 Å². The van der Waals surface area contributed by atoms with Gasteiger partial charge in [0.25, 0.3) is 0 Å². The van der Waals surface area contributed by atoms with E-state index in [0.29, 0.717) is 6.54 Å². The van der Waals surface area contributed by atoms with Crippen LogP contribution >= 0.6 is 38.5 Å². The summed E-state index contributed by atoms with van der Waals surface area (Å²) in [5.41, 5.74) is 2.14.